The molecule has 30 heavy (non-hydrogen) atoms. The molecule has 148 valence electrons. The Morgan fingerprint density at radius 1 is 0.767 bits per heavy atom. The summed E-state index contributed by atoms with van der Waals surface area (Å²) in [6.45, 7) is 7.40. The minimum Gasteiger partial charge on any atom is -0.422 e. The molecular formula is C25H18O5. The zero-order valence-corrected chi connectivity index (χ0v) is 16.1. The summed E-state index contributed by atoms with van der Waals surface area (Å²) in [5.41, 5.74) is 0.349. The van der Waals surface area contributed by atoms with Gasteiger partial charge in [-0.15, -0.1) is 13.2 Å². The highest BCUT2D eigenvalue weighted by Gasteiger charge is 2.21. The highest BCUT2D eigenvalue weighted by molar-refractivity contribution is 6.10. The largest absolute Gasteiger partial charge is 0.422 e. The van der Waals surface area contributed by atoms with E-state index in [0.717, 1.165) is 11.1 Å². The Morgan fingerprint density at radius 2 is 1.20 bits per heavy atom. The van der Waals surface area contributed by atoms with Crippen molar-refractivity contribution in [2.75, 3.05) is 0 Å². The lowest BCUT2D eigenvalue weighted by Gasteiger charge is -2.06. The second-order valence-electron chi connectivity index (χ2n) is 6.88. The maximum Gasteiger partial charge on any atom is 0.347 e. The molecule has 2 heterocycles. The molecule has 0 radical (unpaired) electrons. The molecule has 4 rings (SSSR count). The topological polar surface area (TPSA) is 77.5 Å². The van der Waals surface area contributed by atoms with E-state index in [9.17, 15) is 14.4 Å². The highest BCUT2D eigenvalue weighted by atomic mass is 16.4. The van der Waals surface area contributed by atoms with Gasteiger partial charge in [0, 0.05) is 10.8 Å². The smallest absolute Gasteiger partial charge is 0.347 e. The van der Waals surface area contributed by atoms with E-state index < -0.39 is 17.0 Å². The van der Waals surface area contributed by atoms with Crippen LogP contribution in [0.5, 0.6) is 0 Å². The minimum absolute atomic E-state index is 0.216. The second-order valence-corrected chi connectivity index (χ2v) is 6.88. The van der Waals surface area contributed by atoms with Crippen molar-refractivity contribution in [3.8, 4) is 0 Å². The number of fused-ring (bicyclic) bond motifs is 2. The van der Waals surface area contributed by atoms with Gasteiger partial charge in [-0.3, -0.25) is 4.79 Å². The number of hydrogen-bond donors (Lipinski definition) is 0. The van der Waals surface area contributed by atoms with Crippen molar-refractivity contribution >= 4 is 27.7 Å². The fraction of sp³-hybridized carbons (Fsp3) is 0.0800. The minimum atomic E-state index is -0.802. The molecule has 0 atom stereocenters. The molecule has 0 saturated heterocycles. The summed E-state index contributed by atoms with van der Waals surface area (Å²) in [4.78, 5) is 38.2. The van der Waals surface area contributed by atoms with Gasteiger partial charge >= 0.3 is 11.3 Å². The quantitative estimate of drug-likeness (QED) is 0.270. The highest BCUT2D eigenvalue weighted by Crippen LogP contribution is 2.22. The van der Waals surface area contributed by atoms with Crippen molar-refractivity contribution in [1.29, 1.82) is 0 Å². The Bertz CT molecular complexity index is 1330. The number of rotatable bonds is 6. The Morgan fingerprint density at radius 3 is 1.60 bits per heavy atom. The lowest BCUT2D eigenvalue weighted by molar-refractivity contribution is 0.103. The average Bonchev–Trinajstić information content (AvgIpc) is 2.74. The van der Waals surface area contributed by atoms with E-state index >= 15 is 0 Å². The van der Waals surface area contributed by atoms with Crippen molar-refractivity contribution in [1.82, 2.24) is 0 Å². The van der Waals surface area contributed by atoms with Crippen LogP contribution in [0.4, 0.5) is 0 Å². The van der Waals surface area contributed by atoms with Crippen LogP contribution in [0.3, 0.4) is 0 Å². The lowest BCUT2D eigenvalue weighted by atomic mass is 10.0. The number of hydrogen-bond acceptors (Lipinski definition) is 5. The molecule has 0 aliphatic rings. The predicted molar refractivity (Wildman–Crippen MR) is 116 cm³/mol. The molecule has 0 aliphatic heterocycles. The summed E-state index contributed by atoms with van der Waals surface area (Å²) in [5, 5.41) is 1.19. The summed E-state index contributed by atoms with van der Waals surface area (Å²) in [6, 6.07) is 13.7. The predicted octanol–water partition coefficient (Wildman–Crippen LogP) is 4.59. The standard InChI is InChI=1S/C25H18O5/c1-3-7-15-9-5-11-17-13-19(24(27)29-22(15)17)21(26)20-14-18-12-6-10-16(8-4-2)23(18)30-25(20)28/h3-6,9-14H,1-2,7-8H2. The van der Waals surface area contributed by atoms with Crippen molar-refractivity contribution < 1.29 is 13.6 Å². The van der Waals surface area contributed by atoms with Crippen molar-refractivity contribution in [3.05, 3.63) is 117 Å². The molecule has 4 aromatic rings. The van der Waals surface area contributed by atoms with Crippen molar-refractivity contribution in [2.45, 2.75) is 12.8 Å². The van der Waals surface area contributed by atoms with E-state index in [1.165, 1.54) is 12.1 Å². The number of ketones is 1. The zero-order chi connectivity index (χ0) is 21.3. The normalized spacial score (nSPS) is 10.9. The van der Waals surface area contributed by atoms with Gasteiger partial charge in [-0.1, -0.05) is 48.6 Å². The third-order valence-corrected chi connectivity index (χ3v) is 4.90. The zero-order valence-electron chi connectivity index (χ0n) is 16.1. The van der Waals surface area contributed by atoms with Crippen LogP contribution in [0.2, 0.25) is 0 Å². The number of benzene rings is 2. The molecule has 0 N–H and O–H groups in total. The Balaban J connectivity index is 1.87. The van der Waals surface area contributed by atoms with Crippen LogP contribution in [0, 0.1) is 0 Å². The van der Waals surface area contributed by atoms with Crippen LogP contribution in [-0.2, 0) is 12.8 Å². The Hall–Kier alpha value is -3.99. The first-order valence-electron chi connectivity index (χ1n) is 9.41. The first-order valence-corrected chi connectivity index (χ1v) is 9.41. The molecule has 0 aliphatic carbocycles. The molecular weight excluding hydrogens is 380 g/mol. The van der Waals surface area contributed by atoms with Gasteiger partial charge in [0.05, 0.1) is 0 Å². The monoisotopic (exact) mass is 398 g/mol. The molecule has 0 fully saturated rings. The molecule has 5 heteroatoms. The van der Waals surface area contributed by atoms with Crippen molar-refractivity contribution in [3.63, 3.8) is 0 Å². The summed E-state index contributed by atoms with van der Waals surface area (Å²) in [6.07, 6.45) is 4.45. The van der Waals surface area contributed by atoms with Gasteiger partial charge in [0.1, 0.15) is 22.3 Å². The molecule has 0 bridgehead atoms. The van der Waals surface area contributed by atoms with Crippen LogP contribution in [-0.4, -0.2) is 5.78 Å². The van der Waals surface area contributed by atoms with Gasteiger partial charge < -0.3 is 8.83 Å². The number of allylic oxidation sites excluding steroid dienone is 2. The third kappa shape index (κ3) is 3.31. The van der Waals surface area contributed by atoms with Gasteiger partial charge in [-0.05, 0) is 36.1 Å². The van der Waals surface area contributed by atoms with E-state index in [1.807, 2.05) is 12.1 Å². The maximum absolute atomic E-state index is 13.0. The van der Waals surface area contributed by atoms with E-state index in [1.54, 1.807) is 36.4 Å². The Kier molecular flexibility index (Phi) is 5.02. The van der Waals surface area contributed by atoms with E-state index in [4.69, 9.17) is 8.83 Å². The van der Waals surface area contributed by atoms with Gasteiger partial charge in [0.25, 0.3) is 0 Å². The molecule has 2 aromatic carbocycles. The number of para-hydroxylation sites is 2. The van der Waals surface area contributed by atoms with Crippen LogP contribution >= 0.6 is 0 Å². The fourth-order valence-corrected chi connectivity index (χ4v) is 3.50. The van der Waals surface area contributed by atoms with Gasteiger partial charge in [0.15, 0.2) is 0 Å². The fourth-order valence-electron chi connectivity index (χ4n) is 3.50. The molecule has 0 saturated carbocycles. The van der Waals surface area contributed by atoms with Crippen LogP contribution < -0.4 is 11.3 Å². The number of carbonyl (C=O) groups excluding carboxylic acids is 1. The molecule has 0 amide bonds. The molecule has 5 nitrogen and oxygen atoms in total. The average molecular weight is 398 g/mol. The van der Waals surface area contributed by atoms with E-state index in [-0.39, 0.29) is 11.1 Å². The van der Waals surface area contributed by atoms with Gasteiger partial charge in [-0.25, -0.2) is 9.59 Å². The Labute approximate surface area is 171 Å². The van der Waals surface area contributed by atoms with Gasteiger partial charge in [0.2, 0.25) is 5.78 Å². The lowest BCUT2D eigenvalue weighted by Crippen LogP contribution is -2.21. The van der Waals surface area contributed by atoms with E-state index in [0.29, 0.717) is 34.8 Å². The van der Waals surface area contributed by atoms with Crippen LogP contribution in [0.15, 0.2) is 92.3 Å². The molecule has 2 aromatic heterocycles. The maximum atomic E-state index is 13.0. The van der Waals surface area contributed by atoms with Crippen molar-refractivity contribution in [2.24, 2.45) is 0 Å². The SMILES string of the molecule is C=CCc1cccc2cc(C(=O)c3cc4cccc(CC=C)c4oc3=O)c(=O)oc12. The summed E-state index contributed by atoms with van der Waals surface area (Å²) >= 11 is 0. The van der Waals surface area contributed by atoms with Gasteiger partial charge in [-0.2, -0.15) is 0 Å². The van der Waals surface area contributed by atoms with E-state index in [2.05, 4.69) is 13.2 Å². The van der Waals surface area contributed by atoms with Crippen LogP contribution in [0.1, 0.15) is 27.0 Å². The molecule has 0 unspecified atom stereocenters. The second kappa shape index (κ2) is 7.79. The number of carbonyl (C=O) groups is 1. The van der Waals surface area contributed by atoms with Crippen LogP contribution in [0.25, 0.3) is 21.9 Å². The summed E-state index contributed by atoms with van der Waals surface area (Å²) in [5.74, 6) is -0.732. The third-order valence-electron chi connectivity index (χ3n) is 4.90. The first-order chi connectivity index (χ1) is 14.5. The summed E-state index contributed by atoms with van der Waals surface area (Å²) in [7, 11) is 0. The summed E-state index contributed by atoms with van der Waals surface area (Å²) < 4.78 is 10.9. The molecule has 0 spiro atoms. The first kappa shape index (κ1) is 19.3.